The Balaban J connectivity index is 1.03. The van der Waals surface area contributed by atoms with Crippen molar-refractivity contribution in [1.29, 1.82) is 0 Å². The summed E-state index contributed by atoms with van der Waals surface area (Å²) in [4.78, 5) is 4.71. The summed E-state index contributed by atoms with van der Waals surface area (Å²) in [7, 11) is 0. The molecule has 0 spiro atoms. The summed E-state index contributed by atoms with van der Waals surface area (Å²) in [6, 6.07) is 72.5. The maximum atomic E-state index is 2.46. The fourth-order valence-electron chi connectivity index (χ4n) is 9.19. The Morgan fingerprint density at radius 3 is 1.42 bits per heavy atom. The van der Waals surface area contributed by atoms with E-state index in [1.165, 1.54) is 55.2 Å². The molecule has 0 saturated carbocycles. The minimum absolute atomic E-state index is 1.03. The molecule has 59 heavy (non-hydrogen) atoms. The summed E-state index contributed by atoms with van der Waals surface area (Å²) in [5.41, 5.74) is 16.6. The van der Waals surface area contributed by atoms with Gasteiger partial charge in [0.15, 0.2) is 0 Å². The minimum atomic E-state index is 1.03. The van der Waals surface area contributed by atoms with Gasteiger partial charge in [-0.25, -0.2) is 0 Å². The molecule has 0 radical (unpaired) electrons. The van der Waals surface area contributed by atoms with Crippen LogP contribution in [-0.2, 0) is 6.42 Å². The van der Waals surface area contributed by atoms with Crippen LogP contribution in [0.1, 0.15) is 23.2 Å². The lowest BCUT2D eigenvalue weighted by Gasteiger charge is -2.29. The number of anilines is 6. The second-order valence-corrected chi connectivity index (χ2v) is 15.4. The molecule has 4 heteroatoms. The molecule has 8 aromatic carbocycles. The van der Waals surface area contributed by atoms with E-state index in [1.807, 2.05) is 0 Å². The molecule has 10 aromatic rings. The number of hydrogen-bond donors (Lipinski definition) is 0. The number of benzene rings is 8. The number of hydrogen-bond acceptors (Lipinski definition) is 2. The molecule has 0 saturated heterocycles. The molecule has 4 nitrogen and oxygen atoms in total. The zero-order valence-electron chi connectivity index (χ0n) is 32.9. The third kappa shape index (κ3) is 5.92. The molecule has 1 aliphatic rings. The van der Waals surface area contributed by atoms with E-state index in [4.69, 9.17) is 0 Å². The summed E-state index contributed by atoms with van der Waals surface area (Å²) >= 11 is 0. The first-order valence-corrected chi connectivity index (χ1v) is 20.5. The fraction of sp³-hybridized carbons (Fsp3) is 0.0545. The average molecular weight is 759 g/mol. The Hall–Kier alpha value is -7.56. The molecule has 11 rings (SSSR count). The van der Waals surface area contributed by atoms with Crippen molar-refractivity contribution in [3.63, 3.8) is 0 Å². The summed E-state index contributed by atoms with van der Waals surface area (Å²) < 4.78 is 4.84. The van der Waals surface area contributed by atoms with Crippen molar-refractivity contribution in [3.8, 4) is 11.4 Å². The van der Waals surface area contributed by atoms with Crippen LogP contribution in [0.3, 0.4) is 0 Å². The number of aromatic nitrogens is 2. The maximum absolute atomic E-state index is 2.46. The number of nitrogens with zero attached hydrogens (tertiary/aromatic N) is 4. The van der Waals surface area contributed by atoms with Crippen LogP contribution in [0.4, 0.5) is 34.1 Å². The lowest BCUT2D eigenvalue weighted by Crippen LogP contribution is -2.13. The van der Waals surface area contributed by atoms with Gasteiger partial charge < -0.3 is 18.9 Å². The van der Waals surface area contributed by atoms with E-state index in [9.17, 15) is 0 Å². The van der Waals surface area contributed by atoms with Gasteiger partial charge in [-0.05, 0) is 135 Å². The molecule has 2 aromatic heterocycles. The Labute approximate surface area is 344 Å². The number of allylic oxidation sites excluding steroid dienone is 1. The van der Waals surface area contributed by atoms with Crippen LogP contribution in [0, 0.1) is 6.92 Å². The molecule has 0 aliphatic heterocycles. The Morgan fingerprint density at radius 1 is 0.390 bits per heavy atom. The third-order valence-electron chi connectivity index (χ3n) is 11.9. The molecule has 0 amide bonds. The monoisotopic (exact) mass is 758 g/mol. The second kappa shape index (κ2) is 14.4. The van der Waals surface area contributed by atoms with E-state index >= 15 is 0 Å². The van der Waals surface area contributed by atoms with Crippen molar-refractivity contribution in [1.82, 2.24) is 9.13 Å². The standard InChI is InChI=1S/C55H42N4/c1-39-15-5-10-22-51(39)57(40-16-3-2-4-17-40)44-33-27-41(28-34-44)56(42-29-35-45(36-30-42)58-52-23-11-6-18-47(52)48-19-7-12-24-53(48)58)43-31-37-46(38-32-43)59-54-25-13-8-20-49(54)50-21-9-14-26-55(50)59/h2-13,15-25,27-38H,14,26H2,1H3. The number of rotatable bonds is 8. The zero-order chi connectivity index (χ0) is 39.3. The summed E-state index contributed by atoms with van der Waals surface area (Å²) in [6.07, 6.45) is 6.69. The first-order valence-electron chi connectivity index (χ1n) is 20.5. The van der Waals surface area contributed by atoms with Crippen LogP contribution in [-0.4, -0.2) is 9.13 Å². The van der Waals surface area contributed by atoms with Gasteiger partial charge in [0, 0.05) is 72.9 Å². The van der Waals surface area contributed by atoms with Crippen LogP contribution in [0.25, 0.3) is 50.2 Å². The zero-order valence-corrected chi connectivity index (χ0v) is 32.9. The van der Waals surface area contributed by atoms with Gasteiger partial charge >= 0.3 is 0 Å². The van der Waals surface area contributed by atoms with Crippen molar-refractivity contribution in [2.75, 3.05) is 9.80 Å². The highest BCUT2D eigenvalue weighted by atomic mass is 15.2. The van der Waals surface area contributed by atoms with E-state index < -0.39 is 0 Å². The van der Waals surface area contributed by atoms with Crippen LogP contribution < -0.4 is 9.80 Å². The molecule has 0 bridgehead atoms. The summed E-state index contributed by atoms with van der Waals surface area (Å²) in [5, 5.41) is 3.83. The predicted octanol–water partition coefficient (Wildman–Crippen LogP) is 14.9. The molecular weight excluding hydrogens is 717 g/mol. The summed E-state index contributed by atoms with van der Waals surface area (Å²) in [5.74, 6) is 0. The van der Waals surface area contributed by atoms with Gasteiger partial charge in [-0.15, -0.1) is 0 Å². The van der Waals surface area contributed by atoms with Gasteiger partial charge in [-0.1, -0.05) is 103 Å². The fourth-order valence-corrected chi connectivity index (χ4v) is 9.19. The molecule has 0 unspecified atom stereocenters. The first-order chi connectivity index (χ1) is 29.2. The number of fused-ring (bicyclic) bond motifs is 6. The van der Waals surface area contributed by atoms with Crippen molar-refractivity contribution in [3.05, 3.63) is 223 Å². The maximum Gasteiger partial charge on any atom is 0.0541 e. The van der Waals surface area contributed by atoms with Gasteiger partial charge in [0.05, 0.1) is 16.6 Å². The Bertz CT molecular complexity index is 3100. The van der Waals surface area contributed by atoms with Gasteiger partial charge in [0.25, 0.3) is 0 Å². The van der Waals surface area contributed by atoms with Gasteiger partial charge in [0.2, 0.25) is 0 Å². The molecule has 1 aliphatic carbocycles. The molecule has 0 N–H and O–H groups in total. The van der Waals surface area contributed by atoms with Crippen LogP contribution in [0.2, 0.25) is 0 Å². The van der Waals surface area contributed by atoms with Gasteiger partial charge in [0.1, 0.15) is 0 Å². The van der Waals surface area contributed by atoms with Crippen LogP contribution in [0.5, 0.6) is 0 Å². The molecule has 0 atom stereocenters. The van der Waals surface area contributed by atoms with Crippen molar-refractivity contribution >= 4 is 72.9 Å². The molecule has 2 heterocycles. The minimum Gasteiger partial charge on any atom is -0.313 e. The highest BCUT2D eigenvalue weighted by Gasteiger charge is 2.21. The average Bonchev–Trinajstić information content (AvgIpc) is 3.82. The van der Waals surface area contributed by atoms with Crippen molar-refractivity contribution in [2.24, 2.45) is 0 Å². The molecule has 282 valence electrons. The SMILES string of the molecule is Cc1ccccc1N(c1ccccc1)c1ccc(N(c2ccc(-n3c4c(c5ccccc53)C=CCC4)cc2)c2ccc(-n3c4ccccc4c4ccccc43)cc2)cc1. The van der Waals surface area contributed by atoms with Gasteiger partial charge in [-0.2, -0.15) is 0 Å². The van der Waals surface area contributed by atoms with Crippen LogP contribution in [0.15, 0.2) is 206 Å². The number of para-hydroxylation sites is 5. The van der Waals surface area contributed by atoms with E-state index in [1.54, 1.807) is 0 Å². The number of aryl methyl sites for hydroxylation is 1. The van der Waals surface area contributed by atoms with Gasteiger partial charge in [-0.3, -0.25) is 0 Å². The normalized spacial score (nSPS) is 12.3. The van der Waals surface area contributed by atoms with Crippen LogP contribution >= 0.6 is 0 Å². The lowest BCUT2D eigenvalue weighted by molar-refractivity contribution is 0.888. The van der Waals surface area contributed by atoms with E-state index in [2.05, 4.69) is 238 Å². The Kier molecular flexibility index (Phi) is 8.48. The predicted molar refractivity (Wildman–Crippen MR) is 249 cm³/mol. The Morgan fingerprint density at radius 2 is 0.831 bits per heavy atom. The quantitative estimate of drug-likeness (QED) is 0.153. The topological polar surface area (TPSA) is 16.3 Å². The van der Waals surface area contributed by atoms with Crippen molar-refractivity contribution < 1.29 is 0 Å². The van der Waals surface area contributed by atoms with Crippen molar-refractivity contribution in [2.45, 2.75) is 19.8 Å². The molecular formula is C55H42N4. The highest BCUT2D eigenvalue weighted by Crippen LogP contribution is 2.42. The lowest BCUT2D eigenvalue weighted by atomic mass is 10.0. The second-order valence-electron chi connectivity index (χ2n) is 15.4. The molecule has 0 fully saturated rings. The largest absolute Gasteiger partial charge is 0.313 e. The van der Waals surface area contributed by atoms with E-state index in [-0.39, 0.29) is 0 Å². The van der Waals surface area contributed by atoms with E-state index in [0.29, 0.717) is 0 Å². The first kappa shape index (κ1) is 34.7. The third-order valence-corrected chi connectivity index (χ3v) is 11.9. The highest BCUT2D eigenvalue weighted by molar-refractivity contribution is 6.09. The van der Waals surface area contributed by atoms with E-state index in [0.717, 1.165) is 52.7 Å². The summed E-state index contributed by atoms with van der Waals surface area (Å²) in [6.45, 7) is 2.18. The smallest absolute Gasteiger partial charge is 0.0541 e.